The van der Waals surface area contributed by atoms with Crippen molar-refractivity contribution in [1.82, 2.24) is 4.98 Å². The van der Waals surface area contributed by atoms with Gasteiger partial charge in [-0.05, 0) is 12.1 Å². The van der Waals surface area contributed by atoms with E-state index in [4.69, 9.17) is 9.84 Å². The Bertz CT molecular complexity index is 517. The molecule has 1 aromatic heterocycles. The lowest BCUT2D eigenvalue weighted by Gasteiger charge is -2.08. The number of rotatable bonds is 6. The fourth-order valence-corrected chi connectivity index (χ4v) is 1.56. The van der Waals surface area contributed by atoms with Crippen molar-refractivity contribution in [2.24, 2.45) is 0 Å². The summed E-state index contributed by atoms with van der Waals surface area (Å²) in [7, 11) is 0. The third kappa shape index (κ3) is 3.93. The number of ether oxygens (including phenoxy) is 1. The standard InChI is InChI=1S/C14H15FN2O2/c15-13-4-2-1-3-11(13)9-16-12-5-6-14(17-10-12)19-8-7-18/h1-6,10,16,18H,7-9H2. The van der Waals surface area contributed by atoms with E-state index < -0.39 is 0 Å². The van der Waals surface area contributed by atoms with Crippen LogP contribution < -0.4 is 10.1 Å². The van der Waals surface area contributed by atoms with Crippen LogP contribution in [-0.2, 0) is 6.54 Å². The predicted molar refractivity (Wildman–Crippen MR) is 70.5 cm³/mol. The minimum Gasteiger partial charge on any atom is -0.475 e. The van der Waals surface area contributed by atoms with Crippen molar-refractivity contribution >= 4 is 5.69 Å². The van der Waals surface area contributed by atoms with Crippen molar-refractivity contribution in [3.05, 3.63) is 54.0 Å². The molecule has 2 rings (SSSR count). The minimum absolute atomic E-state index is 0.0467. The fourth-order valence-electron chi connectivity index (χ4n) is 1.56. The number of nitrogens with one attached hydrogen (secondary N) is 1. The van der Waals surface area contributed by atoms with Crippen molar-refractivity contribution in [2.45, 2.75) is 6.54 Å². The van der Waals surface area contributed by atoms with Gasteiger partial charge in [0.25, 0.3) is 0 Å². The second kappa shape index (κ2) is 6.70. The molecular formula is C14H15FN2O2. The molecule has 0 radical (unpaired) electrons. The summed E-state index contributed by atoms with van der Waals surface area (Å²) in [6.07, 6.45) is 1.60. The number of hydrogen-bond acceptors (Lipinski definition) is 4. The number of aliphatic hydroxyl groups is 1. The maximum absolute atomic E-state index is 13.4. The summed E-state index contributed by atoms with van der Waals surface area (Å²) in [6, 6.07) is 10.1. The highest BCUT2D eigenvalue weighted by Gasteiger charge is 2.01. The largest absolute Gasteiger partial charge is 0.475 e. The van der Waals surface area contributed by atoms with Crippen LogP contribution >= 0.6 is 0 Å². The number of nitrogens with zero attached hydrogens (tertiary/aromatic N) is 1. The number of aromatic nitrogens is 1. The first-order chi connectivity index (χ1) is 9.29. The first-order valence-corrected chi connectivity index (χ1v) is 5.96. The average Bonchev–Trinajstić information content (AvgIpc) is 2.45. The van der Waals surface area contributed by atoms with Gasteiger partial charge in [0, 0.05) is 18.2 Å². The Morgan fingerprint density at radius 2 is 2.05 bits per heavy atom. The van der Waals surface area contributed by atoms with E-state index in [1.807, 2.05) is 0 Å². The molecule has 5 heteroatoms. The Labute approximate surface area is 110 Å². The second-order valence-electron chi connectivity index (χ2n) is 3.90. The highest BCUT2D eigenvalue weighted by molar-refractivity contribution is 5.42. The van der Waals surface area contributed by atoms with Crippen LogP contribution in [0.25, 0.3) is 0 Å². The lowest BCUT2D eigenvalue weighted by atomic mass is 10.2. The molecule has 0 atom stereocenters. The molecule has 0 spiro atoms. The van der Waals surface area contributed by atoms with Crippen molar-refractivity contribution in [3.63, 3.8) is 0 Å². The molecule has 100 valence electrons. The number of pyridine rings is 1. The van der Waals surface area contributed by atoms with E-state index in [-0.39, 0.29) is 19.0 Å². The third-order valence-corrected chi connectivity index (χ3v) is 2.52. The van der Waals surface area contributed by atoms with E-state index in [0.29, 0.717) is 18.0 Å². The summed E-state index contributed by atoms with van der Waals surface area (Å²) >= 11 is 0. The molecule has 19 heavy (non-hydrogen) atoms. The molecule has 2 aromatic rings. The van der Waals surface area contributed by atoms with Crippen molar-refractivity contribution in [3.8, 4) is 5.88 Å². The molecule has 0 fully saturated rings. The van der Waals surface area contributed by atoms with Gasteiger partial charge in [-0.15, -0.1) is 0 Å². The zero-order valence-corrected chi connectivity index (χ0v) is 10.3. The third-order valence-electron chi connectivity index (χ3n) is 2.52. The van der Waals surface area contributed by atoms with Crippen LogP contribution in [0.4, 0.5) is 10.1 Å². The van der Waals surface area contributed by atoms with Crippen LogP contribution in [0.15, 0.2) is 42.6 Å². The molecule has 2 N–H and O–H groups in total. The Kier molecular flexibility index (Phi) is 4.69. The lowest BCUT2D eigenvalue weighted by molar-refractivity contribution is 0.196. The van der Waals surface area contributed by atoms with Crippen LogP contribution in [0.3, 0.4) is 0 Å². The van der Waals surface area contributed by atoms with Gasteiger partial charge in [0.1, 0.15) is 12.4 Å². The number of anilines is 1. The summed E-state index contributed by atoms with van der Waals surface area (Å²) < 4.78 is 18.5. The number of benzene rings is 1. The number of aliphatic hydroxyl groups excluding tert-OH is 1. The quantitative estimate of drug-likeness (QED) is 0.838. The highest BCUT2D eigenvalue weighted by atomic mass is 19.1. The smallest absolute Gasteiger partial charge is 0.213 e. The summed E-state index contributed by atoms with van der Waals surface area (Å²) in [4.78, 5) is 4.06. The Morgan fingerprint density at radius 3 is 2.74 bits per heavy atom. The lowest BCUT2D eigenvalue weighted by Crippen LogP contribution is -2.04. The summed E-state index contributed by atoms with van der Waals surface area (Å²) in [5.41, 5.74) is 1.38. The van der Waals surface area contributed by atoms with Gasteiger partial charge in [-0.2, -0.15) is 0 Å². The van der Waals surface area contributed by atoms with Gasteiger partial charge in [0.05, 0.1) is 18.5 Å². The van der Waals surface area contributed by atoms with Crippen LogP contribution in [0.2, 0.25) is 0 Å². The van der Waals surface area contributed by atoms with Crippen LogP contribution in [0, 0.1) is 5.82 Å². The summed E-state index contributed by atoms with van der Waals surface area (Å²) in [5, 5.41) is 11.7. The van der Waals surface area contributed by atoms with E-state index in [9.17, 15) is 4.39 Å². The molecule has 1 aromatic carbocycles. The van der Waals surface area contributed by atoms with Gasteiger partial charge in [-0.1, -0.05) is 18.2 Å². The molecule has 4 nitrogen and oxygen atoms in total. The SMILES string of the molecule is OCCOc1ccc(NCc2ccccc2F)cn1. The molecule has 0 saturated carbocycles. The highest BCUT2D eigenvalue weighted by Crippen LogP contribution is 2.14. The van der Waals surface area contributed by atoms with E-state index in [1.165, 1.54) is 6.07 Å². The Morgan fingerprint density at radius 1 is 1.21 bits per heavy atom. The first-order valence-electron chi connectivity index (χ1n) is 5.96. The fraction of sp³-hybridized carbons (Fsp3) is 0.214. The van der Waals surface area contributed by atoms with Gasteiger partial charge in [0.2, 0.25) is 5.88 Å². The van der Waals surface area contributed by atoms with Gasteiger partial charge < -0.3 is 15.2 Å². The zero-order chi connectivity index (χ0) is 13.5. The average molecular weight is 262 g/mol. The van der Waals surface area contributed by atoms with Crippen LogP contribution in [0.1, 0.15) is 5.56 Å². The number of halogens is 1. The minimum atomic E-state index is -0.231. The molecule has 0 aliphatic rings. The maximum atomic E-state index is 13.4. The van der Waals surface area contributed by atoms with E-state index in [1.54, 1.807) is 36.5 Å². The maximum Gasteiger partial charge on any atom is 0.213 e. The van der Waals surface area contributed by atoms with E-state index in [2.05, 4.69) is 10.3 Å². The van der Waals surface area contributed by atoms with Crippen molar-refractivity contribution in [2.75, 3.05) is 18.5 Å². The molecule has 0 bridgehead atoms. The summed E-state index contributed by atoms with van der Waals surface area (Å²) in [5.74, 6) is 0.219. The molecule has 0 amide bonds. The Balaban J connectivity index is 1.91. The van der Waals surface area contributed by atoms with Crippen LogP contribution in [0.5, 0.6) is 5.88 Å². The first kappa shape index (κ1) is 13.3. The van der Waals surface area contributed by atoms with Gasteiger partial charge >= 0.3 is 0 Å². The van der Waals surface area contributed by atoms with Gasteiger partial charge in [-0.3, -0.25) is 0 Å². The van der Waals surface area contributed by atoms with E-state index in [0.717, 1.165) is 5.69 Å². The predicted octanol–water partition coefficient (Wildman–Crippen LogP) is 2.20. The molecule has 0 aliphatic carbocycles. The molecule has 1 heterocycles. The molecular weight excluding hydrogens is 247 g/mol. The summed E-state index contributed by atoms with van der Waals surface area (Å²) in [6.45, 7) is 0.565. The van der Waals surface area contributed by atoms with E-state index >= 15 is 0 Å². The normalized spacial score (nSPS) is 10.2. The monoisotopic (exact) mass is 262 g/mol. The molecule has 0 saturated heterocycles. The topological polar surface area (TPSA) is 54.4 Å². The second-order valence-corrected chi connectivity index (χ2v) is 3.90. The number of hydrogen-bond donors (Lipinski definition) is 2. The zero-order valence-electron chi connectivity index (χ0n) is 10.3. The van der Waals surface area contributed by atoms with Crippen LogP contribution in [-0.4, -0.2) is 23.3 Å². The van der Waals surface area contributed by atoms with Gasteiger partial charge in [-0.25, -0.2) is 9.37 Å². The van der Waals surface area contributed by atoms with Gasteiger partial charge in [0.15, 0.2) is 0 Å². The Hall–Kier alpha value is -2.14. The molecule has 0 unspecified atom stereocenters. The van der Waals surface area contributed by atoms with Crippen molar-refractivity contribution in [1.29, 1.82) is 0 Å². The van der Waals surface area contributed by atoms with Crippen molar-refractivity contribution < 1.29 is 14.2 Å². The molecule has 0 aliphatic heterocycles.